The van der Waals surface area contributed by atoms with E-state index >= 15 is 0 Å². The van der Waals surface area contributed by atoms with Gasteiger partial charge in [-0.2, -0.15) is 4.91 Å². The highest BCUT2D eigenvalue weighted by atomic mass is 35.5. The van der Waals surface area contributed by atoms with Crippen molar-refractivity contribution in [3.05, 3.63) is 50.5 Å². The van der Waals surface area contributed by atoms with Gasteiger partial charge in [0.2, 0.25) is 0 Å². The summed E-state index contributed by atoms with van der Waals surface area (Å²) in [5.74, 6) is 0. The van der Waals surface area contributed by atoms with E-state index < -0.39 is 6.04 Å². The van der Waals surface area contributed by atoms with Crippen LogP contribution in [0.4, 0.5) is 0 Å². The number of benzene rings is 1. The zero-order chi connectivity index (χ0) is 15.9. The number of nitrogens with zero attached hydrogens (tertiary/aromatic N) is 4. The molecule has 2 heterocycles. The van der Waals surface area contributed by atoms with E-state index in [4.69, 9.17) is 11.6 Å². The number of fused-ring (bicyclic) bond motifs is 3. The molecule has 3 rings (SSSR count). The predicted octanol–water partition coefficient (Wildman–Crippen LogP) is 2.24. The quantitative estimate of drug-likeness (QED) is 0.545. The molecule has 0 fully saturated rings. The highest BCUT2D eigenvalue weighted by Crippen LogP contribution is 2.26. The number of carbonyl (C=O) groups is 1. The average molecular weight is 319 g/mol. The van der Waals surface area contributed by atoms with Crippen molar-refractivity contribution in [2.45, 2.75) is 12.5 Å². The van der Waals surface area contributed by atoms with Gasteiger partial charge in [0.25, 0.3) is 5.56 Å². The largest absolute Gasteiger partial charge is 0.307 e. The van der Waals surface area contributed by atoms with Crippen LogP contribution in [0.15, 0.2) is 34.5 Å². The summed E-state index contributed by atoms with van der Waals surface area (Å²) in [5.41, 5.74) is 1.32. The first-order chi connectivity index (χ1) is 10.6. The van der Waals surface area contributed by atoms with Crippen LogP contribution in [-0.4, -0.2) is 20.2 Å². The summed E-state index contributed by atoms with van der Waals surface area (Å²) in [4.78, 5) is 38.4. The molecule has 0 aliphatic rings. The van der Waals surface area contributed by atoms with Crippen LogP contribution in [0, 0.1) is 4.91 Å². The minimum absolute atomic E-state index is 0.118. The number of para-hydroxylation sites is 1. The fraction of sp³-hybridized carbons (Fsp3) is 0.214. The Balaban J connectivity index is 2.47. The van der Waals surface area contributed by atoms with E-state index in [0.717, 1.165) is 0 Å². The second kappa shape index (κ2) is 5.34. The molecule has 0 N–H and O–H groups in total. The van der Waals surface area contributed by atoms with Gasteiger partial charge >= 0.3 is 0 Å². The minimum atomic E-state index is -0.980. The van der Waals surface area contributed by atoms with Crippen molar-refractivity contribution in [1.82, 2.24) is 14.0 Å². The molecule has 0 bridgehead atoms. The molecule has 112 valence electrons. The summed E-state index contributed by atoms with van der Waals surface area (Å²) in [6.07, 6.45) is 1.90. The van der Waals surface area contributed by atoms with Crippen molar-refractivity contribution in [3.8, 4) is 0 Å². The van der Waals surface area contributed by atoms with Crippen LogP contribution in [0.2, 0.25) is 5.02 Å². The molecule has 0 aliphatic carbocycles. The number of hydrogen-bond acceptors (Lipinski definition) is 5. The molecule has 8 heteroatoms. The molecule has 0 saturated carbocycles. The Morgan fingerprint density at radius 3 is 2.86 bits per heavy atom. The van der Waals surface area contributed by atoms with E-state index in [1.807, 2.05) is 0 Å². The van der Waals surface area contributed by atoms with E-state index in [0.29, 0.717) is 22.3 Å². The highest BCUT2D eigenvalue weighted by molar-refractivity contribution is 6.35. The third-order valence-electron chi connectivity index (χ3n) is 3.63. The maximum atomic E-state index is 12.6. The zero-order valence-electron chi connectivity index (χ0n) is 11.6. The molecule has 1 unspecified atom stereocenters. The molecule has 0 saturated heterocycles. The van der Waals surface area contributed by atoms with Gasteiger partial charge in [0.05, 0.1) is 16.1 Å². The maximum Gasteiger partial charge on any atom is 0.277 e. The second-order valence-corrected chi connectivity index (χ2v) is 5.25. The normalized spacial score (nSPS) is 12.6. The van der Waals surface area contributed by atoms with Gasteiger partial charge < -0.3 is 9.36 Å². The lowest BCUT2D eigenvalue weighted by Gasteiger charge is -2.10. The van der Waals surface area contributed by atoms with Crippen molar-refractivity contribution in [1.29, 1.82) is 0 Å². The van der Waals surface area contributed by atoms with Crippen molar-refractivity contribution in [2.75, 3.05) is 0 Å². The number of aldehydes is 1. The molecular weight excluding hydrogens is 308 g/mol. The molecule has 0 spiro atoms. The Hall–Kier alpha value is -2.54. The number of aryl methyl sites for hydroxylation is 1. The Labute approximate surface area is 129 Å². The fourth-order valence-corrected chi connectivity index (χ4v) is 2.88. The predicted molar refractivity (Wildman–Crippen MR) is 82.2 cm³/mol. The van der Waals surface area contributed by atoms with E-state index in [1.165, 1.54) is 10.9 Å². The van der Waals surface area contributed by atoms with Gasteiger partial charge in [-0.3, -0.25) is 9.20 Å². The number of rotatable bonds is 4. The number of nitroso groups, excluding NO2 is 1. The summed E-state index contributed by atoms with van der Waals surface area (Å²) in [6.45, 7) is 0. The van der Waals surface area contributed by atoms with Crippen LogP contribution in [0.25, 0.3) is 16.6 Å². The number of hydrogen-bond donors (Lipinski definition) is 0. The minimum Gasteiger partial charge on any atom is -0.307 e. The number of carbonyl (C=O) groups excluding carboxylic acids is 1. The van der Waals surface area contributed by atoms with Crippen LogP contribution in [0.5, 0.6) is 0 Å². The van der Waals surface area contributed by atoms with Crippen molar-refractivity contribution in [2.24, 2.45) is 12.2 Å². The van der Waals surface area contributed by atoms with Crippen LogP contribution in [-0.2, 0) is 11.8 Å². The molecule has 1 atom stereocenters. The van der Waals surface area contributed by atoms with Gasteiger partial charge in [-0.15, -0.1) is 0 Å². The van der Waals surface area contributed by atoms with Crippen LogP contribution in [0.3, 0.4) is 0 Å². The third-order valence-corrected chi connectivity index (χ3v) is 3.93. The first kappa shape index (κ1) is 14.4. The molecule has 0 radical (unpaired) electrons. The van der Waals surface area contributed by atoms with E-state index in [9.17, 15) is 14.5 Å². The Kier molecular flexibility index (Phi) is 3.50. The summed E-state index contributed by atoms with van der Waals surface area (Å²) in [7, 11) is 1.59. The monoisotopic (exact) mass is 318 g/mol. The summed E-state index contributed by atoms with van der Waals surface area (Å²) in [5, 5.41) is 3.34. The SMILES string of the molecule is Cn1c(=O)c2c(C(CC=O)N=O)ncn2c2cccc(Cl)c21. The average Bonchev–Trinajstić information content (AvgIpc) is 2.95. The Morgan fingerprint density at radius 2 is 2.18 bits per heavy atom. The lowest BCUT2D eigenvalue weighted by atomic mass is 10.1. The molecule has 7 nitrogen and oxygen atoms in total. The van der Waals surface area contributed by atoms with Crippen molar-refractivity contribution in [3.63, 3.8) is 0 Å². The molecule has 0 amide bonds. The standard InChI is InChI=1S/C14H11ClN4O3/c1-18-12-8(15)3-2-4-10(12)19-7-16-11(13(19)14(18)21)9(17-22)5-6-20/h2-4,6-7,9H,5H2,1H3. The van der Waals surface area contributed by atoms with Gasteiger partial charge in [-0.25, -0.2) is 4.98 Å². The second-order valence-electron chi connectivity index (χ2n) is 4.84. The smallest absolute Gasteiger partial charge is 0.277 e. The number of aromatic nitrogens is 3. The van der Waals surface area contributed by atoms with Gasteiger partial charge in [0.1, 0.15) is 29.9 Å². The molecule has 2 aromatic heterocycles. The Bertz CT molecular complexity index is 960. The van der Waals surface area contributed by atoms with E-state index in [1.54, 1.807) is 29.6 Å². The lowest BCUT2D eigenvalue weighted by Crippen LogP contribution is -2.21. The summed E-state index contributed by atoms with van der Waals surface area (Å²) >= 11 is 6.17. The van der Waals surface area contributed by atoms with Gasteiger partial charge in [-0.1, -0.05) is 22.8 Å². The molecular formula is C14H11ClN4O3. The van der Waals surface area contributed by atoms with Crippen LogP contribution >= 0.6 is 11.6 Å². The number of halogens is 1. The lowest BCUT2D eigenvalue weighted by molar-refractivity contribution is -0.108. The van der Waals surface area contributed by atoms with Gasteiger partial charge in [0, 0.05) is 13.5 Å². The first-order valence-corrected chi connectivity index (χ1v) is 6.88. The third kappa shape index (κ3) is 1.93. The van der Waals surface area contributed by atoms with E-state index in [-0.39, 0.29) is 23.2 Å². The molecule has 0 aliphatic heterocycles. The Morgan fingerprint density at radius 1 is 1.41 bits per heavy atom. The fourth-order valence-electron chi connectivity index (χ4n) is 2.59. The summed E-state index contributed by atoms with van der Waals surface area (Å²) in [6, 6.07) is 4.26. The maximum absolute atomic E-state index is 12.6. The molecule has 3 aromatic rings. The molecule has 1 aromatic carbocycles. The van der Waals surface area contributed by atoms with Crippen LogP contribution in [0.1, 0.15) is 18.2 Å². The van der Waals surface area contributed by atoms with Gasteiger partial charge in [-0.05, 0) is 12.1 Å². The summed E-state index contributed by atoms with van der Waals surface area (Å²) < 4.78 is 2.98. The van der Waals surface area contributed by atoms with Crippen molar-refractivity contribution >= 4 is 34.4 Å². The zero-order valence-corrected chi connectivity index (χ0v) is 12.3. The van der Waals surface area contributed by atoms with Crippen LogP contribution < -0.4 is 5.56 Å². The van der Waals surface area contributed by atoms with Crippen molar-refractivity contribution < 1.29 is 4.79 Å². The number of imidazole rings is 1. The molecule has 22 heavy (non-hydrogen) atoms. The first-order valence-electron chi connectivity index (χ1n) is 6.50. The highest BCUT2D eigenvalue weighted by Gasteiger charge is 2.22. The topological polar surface area (TPSA) is 85.8 Å². The van der Waals surface area contributed by atoms with Gasteiger partial charge in [0.15, 0.2) is 0 Å². The van der Waals surface area contributed by atoms with E-state index in [2.05, 4.69) is 10.2 Å².